The second-order valence-corrected chi connectivity index (χ2v) is 9.86. The Bertz CT molecular complexity index is 752. The van der Waals surface area contributed by atoms with Crippen molar-refractivity contribution in [1.29, 1.82) is 0 Å². The molecular weight excluding hydrogens is 524 g/mol. The largest absolute Gasteiger partial charge is 0.480 e. The highest BCUT2D eigenvalue weighted by Gasteiger charge is 2.20. The third-order valence-electron chi connectivity index (χ3n) is 6.17. The van der Waals surface area contributed by atoms with Crippen molar-refractivity contribution in [3.63, 3.8) is 0 Å². The lowest BCUT2D eigenvalue weighted by atomic mass is 10.1. The number of aliphatic carboxylic acids is 3. The first kappa shape index (κ1) is 37.2. The van der Waals surface area contributed by atoms with Crippen LogP contribution in [0.2, 0.25) is 0 Å². The van der Waals surface area contributed by atoms with Gasteiger partial charge in [0.1, 0.15) is 0 Å². The fourth-order valence-electron chi connectivity index (χ4n) is 4.15. The fraction of sp³-hybridized carbons (Fsp3) is 0.815. The maximum absolute atomic E-state index is 12.4. The molecule has 40 heavy (non-hydrogen) atoms. The molecule has 0 bridgehead atoms. The Labute approximate surface area is 237 Å². The third-order valence-corrected chi connectivity index (χ3v) is 6.17. The van der Waals surface area contributed by atoms with Crippen LogP contribution in [0.25, 0.3) is 0 Å². The molecule has 0 aromatic carbocycles. The zero-order valence-electron chi connectivity index (χ0n) is 24.3. The summed E-state index contributed by atoms with van der Waals surface area (Å²) in [5.41, 5.74) is 0. The van der Waals surface area contributed by atoms with E-state index in [1.165, 1.54) is 53.2 Å². The summed E-state index contributed by atoms with van der Waals surface area (Å²) in [7, 11) is 0. The van der Waals surface area contributed by atoms with Gasteiger partial charge in [0.2, 0.25) is 5.91 Å². The fourth-order valence-corrected chi connectivity index (χ4v) is 4.15. The van der Waals surface area contributed by atoms with Crippen LogP contribution in [0.4, 0.5) is 0 Å². The zero-order valence-corrected chi connectivity index (χ0v) is 24.3. The molecule has 0 aliphatic carbocycles. The third kappa shape index (κ3) is 23.1. The highest BCUT2D eigenvalue weighted by molar-refractivity contribution is 5.79. The Morgan fingerprint density at radius 2 is 1.00 bits per heavy atom. The molecule has 13 heteroatoms. The number of carboxylic acid groups (broad SMARTS) is 3. The minimum Gasteiger partial charge on any atom is -0.480 e. The highest BCUT2D eigenvalue weighted by Crippen LogP contribution is 2.09. The topological polar surface area (TPSA) is 177 Å². The number of hydrogen-bond acceptors (Lipinski definition) is 9. The molecule has 0 aromatic rings. The summed E-state index contributed by atoms with van der Waals surface area (Å²) in [6, 6.07) is 0. The van der Waals surface area contributed by atoms with Crippen LogP contribution in [-0.4, -0.2) is 132 Å². The van der Waals surface area contributed by atoms with E-state index in [-0.39, 0.29) is 64.9 Å². The molecule has 0 aliphatic heterocycles. The van der Waals surface area contributed by atoms with Gasteiger partial charge in [0.15, 0.2) is 0 Å². The summed E-state index contributed by atoms with van der Waals surface area (Å²) in [6.45, 7) is 3.35. The molecule has 0 rings (SSSR count). The van der Waals surface area contributed by atoms with E-state index in [9.17, 15) is 34.2 Å². The summed E-state index contributed by atoms with van der Waals surface area (Å²) in [4.78, 5) is 62.4. The number of carbonyl (C=O) groups excluding carboxylic acids is 2. The van der Waals surface area contributed by atoms with E-state index in [1.54, 1.807) is 6.92 Å². The standard InChI is InChI=1S/C27H50N4O9/c1-3-5-6-7-8-9-10-11-12-13-28-23(32)18-30(20-25(35)36)16-14-29(19-24(33)34)15-17-31(21-26(37)38)22-27(39)40-4-2/h3-22H2,1-2H3,(H,28,32)(H,33,34)(H,35,36)(H,37,38). The van der Waals surface area contributed by atoms with Crippen molar-refractivity contribution in [2.24, 2.45) is 0 Å². The average molecular weight is 575 g/mol. The summed E-state index contributed by atoms with van der Waals surface area (Å²) in [6.07, 6.45) is 10.5. The number of ether oxygens (including phenoxy) is 1. The first-order chi connectivity index (χ1) is 19.1. The van der Waals surface area contributed by atoms with E-state index >= 15 is 0 Å². The number of carbonyl (C=O) groups is 5. The number of amides is 1. The number of esters is 1. The van der Waals surface area contributed by atoms with Crippen molar-refractivity contribution >= 4 is 29.8 Å². The van der Waals surface area contributed by atoms with Gasteiger partial charge in [0.25, 0.3) is 0 Å². The van der Waals surface area contributed by atoms with Crippen molar-refractivity contribution in [1.82, 2.24) is 20.0 Å². The Balaban J connectivity index is 4.70. The average Bonchev–Trinajstić information content (AvgIpc) is 2.85. The molecule has 0 aromatic heterocycles. The lowest BCUT2D eigenvalue weighted by molar-refractivity contribution is -0.146. The van der Waals surface area contributed by atoms with E-state index in [0.29, 0.717) is 6.54 Å². The zero-order chi connectivity index (χ0) is 30.2. The van der Waals surface area contributed by atoms with E-state index in [0.717, 1.165) is 19.3 Å². The highest BCUT2D eigenvalue weighted by atomic mass is 16.5. The molecular formula is C27H50N4O9. The molecule has 13 nitrogen and oxygen atoms in total. The second-order valence-electron chi connectivity index (χ2n) is 9.86. The van der Waals surface area contributed by atoms with Crippen LogP contribution in [0.3, 0.4) is 0 Å². The molecule has 1 amide bonds. The van der Waals surface area contributed by atoms with Crippen molar-refractivity contribution in [3.8, 4) is 0 Å². The minimum absolute atomic E-state index is 0.0799. The van der Waals surface area contributed by atoms with E-state index in [2.05, 4.69) is 12.2 Å². The van der Waals surface area contributed by atoms with Crippen LogP contribution in [-0.2, 0) is 28.7 Å². The monoisotopic (exact) mass is 574 g/mol. The normalized spacial score (nSPS) is 11.2. The van der Waals surface area contributed by atoms with Gasteiger partial charge in [-0.25, -0.2) is 0 Å². The van der Waals surface area contributed by atoms with Gasteiger partial charge >= 0.3 is 23.9 Å². The molecule has 0 spiro atoms. The minimum atomic E-state index is -1.14. The number of carboxylic acids is 3. The van der Waals surface area contributed by atoms with Crippen LogP contribution >= 0.6 is 0 Å². The Kier molecular flexibility index (Phi) is 22.4. The quantitative estimate of drug-likeness (QED) is 0.0819. The van der Waals surface area contributed by atoms with Crippen molar-refractivity contribution < 1.29 is 44.0 Å². The molecule has 232 valence electrons. The van der Waals surface area contributed by atoms with Gasteiger partial charge in [-0.05, 0) is 13.3 Å². The van der Waals surface area contributed by atoms with Crippen molar-refractivity contribution in [2.75, 3.05) is 72.1 Å². The molecule has 0 fully saturated rings. The Hall–Kier alpha value is -2.77. The maximum atomic E-state index is 12.4. The number of nitrogens with zero attached hydrogens (tertiary/aromatic N) is 3. The van der Waals surface area contributed by atoms with Crippen LogP contribution in [0, 0.1) is 0 Å². The Morgan fingerprint density at radius 3 is 1.48 bits per heavy atom. The predicted octanol–water partition coefficient (Wildman–Crippen LogP) is 1.36. The van der Waals surface area contributed by atoms with Crippen molar-refractivity contribution in [3.05, 3.63) is 0 Å². The summed E-state index contributed by atoms with van der Waals surface area (Å²) < 4.78 is 4.87. The second kappa shape index (κ2) is 24.1. The Morgan fingerprint density at radius 1 is 0.575 bits per heavy atom. The lowest BCUT2D eigenvalue weighted by Gasteiger charge is -2.27. The van der Waals surface area contributed by atoms with Gasteiger partial charge in [-0.3, -0.25) is 38.7 Å². The molecule has 0 heterocycles. The number of rotatable bonds is 27. The van der Waals surface area contributed by atoms with Crippen LogP contribution in [0.1, 0.15) is 71.6 Å². The smallest absolute Gasteiger partial charge is 0.320 e. The number of nitrogens with one attached hydrogen (secondary N) is 1. The van der Waals surface area contributed by atoms with Gasteiger partial charge in [-0.15, -0.1) is 0 Å². The summed E-state index contributed by atoms with van der Waals surface area (Å²) in [5.74, 6) is -4.25. The molecule has 0 saturated heterocycles. The van der Waals surface area contributed by atoms with Gasteiger partial charge < -0.3 is 25.4 Å². The summed E-state index contributed by atoms with van der Waals surface area (Å²) in [5, 5.41) is 30.5. The molecule has 0 aliphatic rings. The molecule has 0 unspecified atom stereocenters. The van der Waals surface area contributed by atoms with Gasteiger partial charge in [-0.1, -0.05) is 58.3 Å². The lowest BCUT2D eigenvalue weighted by Crippen LogP contribution is -2.46. The van der Waals surface area contributed by atoms with Crippen molar-refractivity contribution in [2.45, 2.75) is 71.6 Å². The predicted molar refractivity (Wildman–Crippen MR) is 149 cm³/mol. The molecule has 0 saturated carbocycles. The molecule has 0 atom stereocenters. The van der Waals surface area contributed by atoms with E-state index in [4.69, 9.17) is 9.84 Å². The van der Waals surface area contributed by atoms with E-state index < -0.39 is 30.4 Å². The van der Waals surface area contributed by atoms with Crippen LogP contribution < -0.4 is 5.32 Å². The van der Waals surface area contributed by atoms with Gasteiger partial charge in [0, 0.05) is 32.7 Å². The van der Waals surface area contributed by atoms with Gasteiger partial charge in [0.05, 0.1) is 39.3 Å². The first-order valence-electron chi connectivity index (χ1n) is 14.3. The summed E-state index contributed by atoms with van der Waals surface area (Å²) >= 11 is 0. The first-order valence-corrected chi connectivity index (χ1v) is 14.3. The number of hydrogen-bond donors (Lipinski definition) is 4. The molecule has 4 N–H and O–H groups in total. The van der Waals surface area contributed by atoms with Crippen LogP contribution in [0.5, 0.6) is 0 Å². The van der Waals surface area contributed by atoms with E-state index in [1.807, 2.05) is 0 Å². The van der Waals surface area contributed by atoms with Crippen LogP contribution in [0.15, 0.2) is 0 Å². The maximum Gasteiger partial charge on any atom is 0.320 e. The van der Waals surface area contributed by atoms with Gasteiger partial charge in [-0.2, -0.15) is 0 Å². The molecule has 0 radical (unpaired) electrons. The number of unbranched alkanes of at least 4 members (excludes halogenated alkanes) is 8. The SMILES string of the molecule is CCCCCCCCCCCNC(=O)CN(CCN(CCN(CC(=O)O)CC(=O)OCC)CC(=O)O)CC(=O)O.